The molecule has 0 bridgehead atoms. The minimum Gasteiger partial charge on any atom is -0.435 e. The zero-order valence-electron chi connectivity index (χ0n) is 6.29. The second-order valence-electron chi connectivity index (χ2n) is 1.74. The lowest BCUT2D eigenvalue weighted by Crippen LogP contribution is -2.13. The molecule has 0 saturated heterocycles. The van der Waals surface area contributed by atoms with Gasteiger partial charge in [-0.15, -0.1) is 0 Å². The van der Waals surface area contributed by atoms with E-state index in [2.05, 4.69) is 16.1 Å². The molecular weight excluding hydrogens is 132 g/mol. The quantitative estimate of drug-likeness (QED) is 0.447. The molecular formula is C7H12O3. The zero-order valence-corrected chi connectivity index (χ0v) is 6.29. The summed E-state index contributed by atoms with van der Waals surface area (Å²) in [5.74, 6) is 0. The topological polar surface area (TPSA) is 35.5 Å². The van der Waals surface area contributed by atoms with Gasteiger partial charge in [0.15, 0.2) is 0 Å². The molecule has 58 valence electrons. The van der Waals surface area contributed by atoms with Gasteiger partial charge in [0.05, 0.1) is 6.61 Å². The van der Waals surface area contributed by atoms with E-state index in [4.69, 9.17) is 0 Å². The van der Waals surface area contributed by atoms with Crippen LogP contribution >= 0.6 is 0 Å². The van der Waals surface area contributed by atoms with Crippen LogP contribution in [0.5, 0.6) is 0 Å². The van der Waals surface area contributed by atoms with Crippen molar-refractivity contribution in [1.82, 2.24) is 0 Å². The Bertz CT molecular complexity index is 120. The van der Waals surface area contributed by atoms with Crippen LogP contribution in [0.25, 0.3) is 0 Å². The van der Waals surface area contributed by atoms with Crippen molar-refractivity contribution in [1.29, 1.82) is 0 Å². The summed E-state index contributed by atoms with van der Waals surface area (Å²) < 4.78 is 9.17. The number of hydrogen-bond donors (Lipinski definition) is 0. The Labute approximate surface area is 60.6 Å². The Morgan fingerprint density at radius 3 is 2.80 bits per heavy atom. The fourth-order valence-corrected chi connectivity index (χ4v) is 0.352. The summed E-state index contributed by atoms with van der Waals surface area (Å²) in [7, 11) is 0. The average Bonchev–Trinajstić information content (AvgIpc) is 1.88. The van der Waals surface area contributed by atoms with Gasteiger partial charge >= 0.3 is 6.16 Å². The number of carbonyl (C=O) groups is 1. The van der Waals surface area contributed by atoms with Crippen molar-refractivity contribution in [2.75, 3.05) is 6.61 Å². The highest BCUT2D eigenvalue weighted by molar-refractivity contribution is 5.60. The summed E-state index contributed by atoms with van der Waals surface area (Å²) in [4.78, 5) is 10.5. The highest BCUT2D eigenvalue weighted by atomic mass is 16.7. The van der Waals surface area contributed by atoms with Crippen LogP contribution in [0.15, 0.2) is 12.7 Å². The first-order valence-corrected chi connectivity index (χ1v) is 3.16. The summed E-state index contributed by atoms with van der Waals surface area (Å²) in [5, 5.41) is 0. The summed E-state index contributed by atoms with van der Waals surface area (Å²) in [6, 6.07) is 0. The van der Waals surface area contributed by atoms with E-state index in [9.17, 15) is 4.79 Å². The molecule has 1 unspecified atom stereocenters. The fourth-order valence-electron chi connectivity index (χ4n) is 0.352. The van der Waals surface area contributed by atoms with E-state index in [1.807, 2.05) is 0 Å². The van der Waals surface area contributed by atoms with Crippen LogP contribution < -0.4 is 0 Å². The van der Waals surface area contributed by atoms with E-state index in [1.54, 1.807) is 13.8 Å². The third-order valence-corrected chi connectivity index (χ3v) is 0.876. The first kappa shape index (κ1) is 9.01. The Balaban J connectivity index is 3.46. The van der Waals surface area contributed by atoms with Crippen molar-refractivity contribution >= 4 is 6.16 Å². The van der Waals surface area contributed by atoms with Crippen LogP contribution in [0.1, 0.15) is 13.8 Å². The third kappa shape index (κ3) is 3.95. The van der Waals surface area contributed by atoms with Crippen molar-refractivity contribution < 1.29 is 14.3 Å². The largest absolute Gasteiger partial charge is 0.508 e. The van der Waals surface area contributed by atoms with Crippen LogP contribution in [0, 0.1) is 0 Å². The molecule has 0 spiro atoms. The molecule has 0 N–H and O–H groups in total. The van der Waals surface area contributed by atoms with Crippen molar-refractivity contribution in [3.8, 4) is 0 Å². The van der Waals surface area contributed by atoms with Crippen molar-refractivity contribution in [3.05, 3.63) is 12.7 Å². The van der Waals surface area contributed by atoms with E-state index in [0.717, 1.165) is 0 Å². The van der Waals surface area contributed by atoms with E-state index in [0.29, 0.717) is 6.61 Å². The molecule has 10 heavy (non-hydrogen) atoms. The third-order valence-electron chi connectivity index (χ3n) is 0.876. The van der Waals surface area contributed by atoms with Gasteiger partial charge in [0.2, 0.25) is 0 Å². The molecule has 1 atom stereocenters. The van der Waals surface area contributed by atoms with Gasteiger partial charge in [0.1, 0.15) is 6.10 Å². The Kier molecular flexibility index (Phi) is 4.37. The summed E-state index contributed by atoms with van der Waals surface area (Å²) in [5.41, 5.74) is 0. The number of hydrogen-bond acceptors (Lipinski definition) is 3. The Morgan fingerprint density at radius 2 is 2.40 bits per heavy atom. The molecule has 0 aromatic carbocycles. The fraction of sp³-hybridized carbons (Fsp3) is 0.571. The molecule has 0 radical (unpaired) electrons. The SMILES string of the molecule is C=CC(C)OC(=O)OCC. The molecule has 3 nitrogen and oxygen atoms in total. The maximum atomic E-state index is 10.5. The molecule has 0 aromatic rings. The molecule has 3 heteroatoms. The second kappa shape index (κ2) is 4.85. The first-order valence-electron chi connectivity index (χ1n) is 3.16. The van der Waals surface area contributed by atoms with E-state index < -0.39 is 6.16 Å². The predicted octanol–water partition coefficient (Wildman–Crippen LogP) is 1.73. The molecule has 0 aliphatic rings. The highest BCUT2D eigenvalue weighted by Gasteiger charge is 2.04. The van der Waals surface area contributed by atoms with Crippen LogP contribution in [-0.2, 0) is 9.47 Å². The highest BCUT2D eigenvalue weighted by Crippen LogP contribution is 1.93. The minimum atomic E-state index is -0.644. The Morgan fingerprint density at radius 1 is 1.80 bits per heavy atom. The van der Waals surface area contributed by atoms with E-state index in [-0.39, 0.29) is 6.10 Å². The second-order valence-corrected chi connectivity index (χ2v) is 1.74. The lowest BCUT2D eigenvalue weighted by atomic mass is 10.4. The van der Waals surface area contributed by atoms with Gasteiger partial charge < -0.3 is 9.47 Å². The number of rotatable bonds is 3. The zero-order chi connectivity index (χ0) is 7.98. The maximum absolute atomic E-state index is 10.5. The molecule has 0 heterocycles. The van der Waals surface area contributed by atoms with Crippen LogP contribution in [0.4, 0.5) is 4.79 Å². The lowest BCUT2D eigenvalue weighted by molar-refractivity contribution is 0.0455. The van der Waals surface area contributed by atoms with Crippen molar-refractivity contribution in [3.63, 3.8) is 0 Å². The minimum absolute atomic E-state index is 0.279. The number of carbonyl (C=O) groups excluding carboxylic acids is 1. The summed E-state index contributed by atoms with van der Waals surface area (Å²) in [6.07, 6.45) is 0.602. The molecule has 0 aliphatic carbocycles. The van der Waals surface area contributed by atoms with Crippen molar-refractivity contribution in [2.45, 2.75) is 20.0 Å². The summed E-state index contributed by atoms with van der Waals surface area (Å²) >= 11 is 0. The maximum Gasteiger partial charge on any atom is 0.508 e. The molecule has 0 aliphatic heterocycles. The monoisotopic (exact) mass is 144 g/mol. The van der Waals surface area contributed by atoms with E-state index in [1.165, 1.54) is 6.08 Å². The normalized spacial score (nSPS) is 11.8. The molecule has 0 rings (SSSR count). The van der Waals surface area contributed by atoms with Gasteiger partial charge in [-0.2, -0.15) is 0 Å². The molecule has 0 fully saturated rings. The van der Waals surface area contributed by atoms with Gasteiger partial charge in [-0.1, -0.05) is 12.7 Å². The molecule has 0 saturated carbocycles. The van der Waals surface area contributed by atoms with Crippen molar-refractivity contribution in [2.24, 2.45) is 0 Å². The van der Waals surface area contributed by atoms with Crippen LogP contribution in [0.2, 0.25) is 0 Å². The lowest BCUT2D eigenvalue weighted by Gasteiger charge is -2.06. The van der Waals surface area contributed by atoms with Gasteiger partial charge in [-0.05, 0) is 13.8 Å². The van der Waals surface area contributed by atoms with E-state index >= 15 is 0 Å². The molecule has 0 aromatic heterocycles. The van der Waals surface area contributed by atoms with Crippen LogP contribution in [0.3, 0.4) is 0 Å². The van der Waals surface area contributed by atoms with Gasteiger partial charge in [0.25, 0.3) is 0 Å². The number of ether oxygens (including phenoxy) is 2. The Hall–Kier alpha value is -0.990. The average molecular weight is 144 g/mol. The smallest absolute Gasteiger partial charge is 0.435 e. The summed E-state index contributed by atoms with van der Waals surface area (Å²) in [6.45, 7) is 7.21. The van der Waals surface area contributed by atoms with Gasteiger partial charge in [0, 0.05) is 0 Å². The standard InChI is InChI=1S/C7H12O3/c1-4-6(3)10-7(8)9-5-2/h4,6H,1,5H2,2-3H3. The predicted molar refractivity (Wildman–Crippen MR) is 37.8 cm³/mol. The molecule has 0 amide bonds. The van der Waals surface area contributed by atoms with Gasteiger partial charge in [-0.25, -0.2) is 4.79 Å². The van der Waals surface area contributed by atoms with Crippen LogP contribution in [-0.4, -0.2) is 18.9 Å². The van der Waals surface area contributed by atoms with Gasteiger partial charge in [-0.3, -0.25) is 0 Å². The first-order chi connectivity index (χ1) is 4.70.